The fourth-order valence-electron chi connectivity index (χ4n) is 4.57. The average Bonchev–Trinajstić information content (AvgIpc) is 3.34. The smallest absolute Gasteiger partial charge is 0.282 e. The van der Waals surface area contributed by atoms with Crippen LogP contribution in [-0.4, -0.2) is 19.6 Å². The normalized spacial score (nSPS) is 13.8. The molecule has 0 bridgehead atoms. The van der Waals surface area contributed by atoms with Crippen molar-refractivity contribution in [3.05, 3.63) is 127 Å². The molecule has 1 aliphatic heterocycles. The summed E-state index contributed by atoms with van der Waals surface area (Å²) in [7, 11) is 0. The minimum Gasteiger partial charge on any atom is -0.507 e. The van der Waals surface area contributed by atoms with Crippen molar-refractivity contribution in [1.82, 2.24) is 9.55 Å². The van der Waals surface area contributed by atoms with Crippen LogP contribution in [0, 0.1) is 10.1 Å². The van der Waals surface area contributed by atoms with Gasteiger partial charge < -0.3 is 9.67 Å². The molecular weight excluding hydrogens is 462 g/mol. The van der Waals surface area contributed by atoms with Crippen molar-refractivity contribution in [2.45, 2.75) is 6.54 Å². The fraction of sp³-hybridized carbons (Fsp3) is 0.0370. The molecule has 35 heavy (non-hydrogen) atoms. The van der Waals surface area contributed by atoms with E-state index in [1.165, 1.54) is 29.5 Å². The molecule has 0 saturated heterocycles. The number of hydrogen-bond donors (Lipinski definition) is 1. The van der Waals surface area contributed by atoms with Crippen molar-refractivity contribution in [3.63, 3.8) is 0 Å². The van der Waals surface area contributed by atoms with E-state index in [9.17, 15) is 20.0 Å². The van der Waals surface area contributed by atoms with Crippen molar-refractivity contribution < 1.29 is 10.0 Å². The summed E-state index contributed by atoms with van der Waals surface area (Å²) < 4.78 is 1.94. The van der Waals surface area contributed by atoms with E-state index < -0.39 is 4.92 Å². The number of nitro groups is 1. The van der Waals surface area contributed by atoms with Gasteiger partial charge in [0.2, 0.25) is 0 Å². The number of nitro benzene ring substituents is 1. The van der Waals surface area contributed by atoms with Gasteiger partial charge in [-0.15, -0.1) is 11.3 Å². The molecule has 0 spiro atoms. The lowest BCUT2D eigenvalue weighted by atomic mass is 9.92. The number of hydrogen-bond acceptors (Lipinski definition) is 6. The van der Waals surface area contributed by atoms with Gasteiger partial charge in [-0.25, -0.2) is 0 Å². The molecule has 0 radical (unpaired) electrons. The van der Waals surface area contributed by atoms with E-state index in [2.05, 4.69) is 4.98 Å². The molecule has 1 aliphatic rings. The van der Waals surface area contributed by atoms with Gasteiger partial charge in [0, 0.05) is 28.6 Å². The van der Waals surface area contributed by atoms with Crippen molar-refractivity contribution >= 4 is 38.6 Å². The SMILES string of the molecule is O=c1nc2n(c3scc(-c4ccccc4)c13)Cc1ccccc1/C2=C(/O)c1cccc([N+](=O)[O-])c1. The van der Waals surface area contributed by atoms with Crippen LogP contribution in [0.4, 0.5) is 5.69 Å². The Morgan fingerprint density at radius 2 is 1.77 bits per heavy atom. The molecule has 8 heteroatoms. The third kappa shape index (κ3) is 3.34. The standard InChI is InChI=1S/C27H17N3O4S/c31-24(17-10-6-11-19(13-17)30(33)34)22-20-12-5-4-9-18(20)14-29-25(22)28-26(32)23-21(15-35-27(23)29)16-7-2-1-3-8-16/h1-13,15,31H,14H2/b24-22-. The zero-order valence-corrected chi connectivity index (χ0v) is 19.0. The number of aliphatic hydroxyl groups excluding tert-OH is 1. The Labute approximate surface area is 203 Å². The molecule has 0 amide bonds. The lowest BCUT2D eigenvalue weighted by Gasteiger charge is -2.25. The van der Waals surface area contributed by atoms with E-state index in [1.54, 1.807) is 6.07 Å². The maximum absolute atomic E-state index is 13.4. The highest BCUT2D eigenvalue weighted by Gasteiger charge is 2.28. The van der Waals surface area contributed by atoms with Gasteiger partial charge in [-0.3, -0.25) is 14.9 Å². The Bertz CT molecular complexity index is 1730. The van der Waals surface area contributed by atoms with E-state index in [-0.39, 0.29) is 22.6 Å². The van der Waals surface area contributed by atoms with Crippen molar-refractivity contribution in [2.75, 3.05) is 0 Å². The Kier molecular flexibility index (Phi) is 4.82. The number of nitrogens with zero attached hydrogens (tertiary/aromatic N) is 3. The third-order valence-corrected chi connectivity index (χ3v) is 7.19. The first-order valence-electron chi connectivity index (χ1n) is 10.9. The van der Waals surface area contributed by atoms with Gasteiger partial charge in [-0.2, -0.15) is 4.98 Å². The zero-order valence-electron chi connectivity index (χ0n) is 18.2. The van der Waals surface area contributed by atoms with E-state index >= 15 is 0 Å². The van der Waals surface area contributed by atoms with Crippen LogP contribution in [-0.2, 0) is 6.54 Å². The predicted molar refractivity (Wildman–Crippen MR) is 137 cm³/mol. The van der Waals surface area contributed by atoms with Crippen molar-refractivity contribution in [1.29, 1.82) is 0 Å². The van der Waals surface area contributed by atoms with Gasteiger partial charge in [0.25, 0.3) is 11.2 Å². The fourth-order valence-corrected chi connectivity index (χ4v) is 5.64. The molecule has 170 valence electrons. The average molecular weight is 480 g/mol. The lowest BCUT2D eigenvalue weighted by Crippen LogP contribution is -2.23. The van der Waals surface area contributed by atoms with Crippen LogP contribution in [0.1, 0.15) is 22.5 Å². The van der Waals surface area contributed by atoms with Gasteiger partial charge >= 0.3 is 0 Å². The highest BCUT2D eigenvalue weighted by Crippen LogP contribution is 2.40. The van der Waals surface area contributed by atoms with Crippen LogP contribution in [0.3, 0.4) is 0 Å². The molecule has 7 nitrogen and oxygen atoms in total. The lowest BCUT2D eigenvalue weighted by molar-refractivity contribution is -0.384. The largest absolute Gasteiger partial charge is 0.507 e. The molecule has 2 aromatic heterocycles. The van der Waals surface area contributed by atoms with Gasteiger partial charge in [-0.1, -0.05) is 66.7 Å². The van der Waals surface area contributed by atoms with Crippen LogP contribution < -0.4 is 5.56 Å². The number of non-ortho nitro benzene ring substituents is 1. The molecule has 6 rings (SSSR count). The summed E-state index contributed by atoms with van der Waals surface area (Å²) in [5.74, 6) is 0.173. The maximum Gasteiger partial charge on any atom is 0.282 e. The molecular formula is C27H17N3O4S. The Morgan fingerprint density at radius 1 is 1.00 bits per heavy atom. The predicted octanol–water partition coefficient (Wildman–Crippen LogP) is 5.87. The number of aromatic nitrogens is 2. The van der Waals surface area contributed by atoms with Gasteiger partial charge in [0.05, 0.1) is 22.4 Å². The van der Waals surface area contributed by atoms with E-state index in [0.717, 1.165) is 27.1 Å². The second kappa shape index (κ2) is 8.03. The van der Waals surface area contributed by atoms with E-state index in [4.69, 9.17) is 0 Å². The second-order valence-electron chi connectivity index (χ2n) is 8.21. The first kappa shape index (κ1) is 21.0. The molecule has 5 aromatic rings. The summed E-state index contributed by atoms with van der Waals surface area (Å²) in [6.07, 6.45) is 0. The van der Waals surface area contributed by atoms with Crippen molar-refractivity contribution in [3.8, 4) is 11.1 Å². The summed E-state index contributed by atoms with van der Waals surface area (Å²) in [5.41, 5.74) is 3.59. The topological polar surface area (TPSA) is 98.3 Å². The van der Waals surface area contributed by atoms with Gasteiger partial charge in [-0.05, 0) is 16.7 Å². The number of fused-ring (bicyclic) bond motifs is 4. The molecule has 0 aliphatic carbocycles. The zero-order chi connectivity index (χ0) is 24.1. The molecule has 0 fully saturated rings. The second-order valence-corrected chi connectivity index (χ2v) is 9.07. The summed E-state index contributed by atoms with van der Waals surface area (Å²) in [4.78, 5) is 29.4. The maximum atomic E-state index is 13.4. The number of benzene rings is 3. The number of rotatable bonds is 3. The summed E-state index contributed by atoms with van der Waals surface area (Å²) >= 11 is 1.46. The quantitative estimate of drug-likeness (QED) is 0.194. The Morgan fingerprint density at radius 3 is 2.57 bits per heavy atom. The van der Waals surface area contributed by atoms with Crippen LogP contribution in [0.2, 0.25) is 0 Å². The van der Waals surface area contributed by atoms with E-state index in [0.29, 0.717) is 23.3 Å². The number of thiophene rings is 1. The Hall–Kier alpha value is -4.56. The minimum absolute atomic E-state index is 0.134. The number of aliphatic hydroxyl groups is 1. The molecule has 0 atom stereocenters. The molecule has 1 N–H and O–H groups in total. The minimum atomic E-state index is -0.507. The monoisotopic (exact) mass is 479 g/mol. The van der Waals surface area contributed by atoms with Crippen LogP contribution >= 0.6 is 11.3 Å². The molecule has 0 saturated carbocycles. The molecule has 3 aromatic carbocycles. The van der Waals surface area contributed by atoms with Crippen LogP contribution in [0.5, 0.6) is 0 Å². The van der Waals surface area contributed by atoms with E-state index in [1.807, 2.05) is 64.5 Å². The first-order valence-corrected chi connectivity index (χ1v) is 11.7. The summed E-state index contributed by atoms with van der Waals surface area (Å²) in [5, 5.41) is 25.2. The van der Waals surface area contributed by atoms with Gasteiger partial charge in [0.1, 0.15) is 16.4 Å². The molecule has 3 heterocycles. The highest BCUT2D eigenvalue weighted by molar-refractivity contribution is 7.17. The van der Waals surface area contributed by atoms with Crippen LogP contribution in [0.25, 0.3) is 32.7 Å². The first-order chi connectivity index (χ1) is 17.0. The Balaban J connectivity index is 1.66. The molecule has 0 unspecified atom stereocenters. The third-order valence-electron chi connectivity index (χ3n) is 6.18. The van der Waals surface area contributed by atoms with Crippen LogP contribution in [0.15, 0.2) is 89.0 Å². The van der Waals surface area contributed by atoms with Crippen molar-refractivity contribution in [2.24, 2.45) is 0 Å². The van der Waals surface area contributed by atoms with Gasteiger partial charge in [0.15, 0.2) is 0 Å². The highest BCUT2D eigenvalue weighted by atomic mass is 32.1. The summed E-state index contributed by atoms with van der Waals surface area (Å²) in [6.45, 7) is 0.482. The summed E-state index contributed by atoms with van der Waals surface area (Å²) in [6, 6.07) is 23.1.